The van der Waals surface area contributed by atoms with Crippen molar-refractivity contribution in [3.63, 3.8) is 0 Å². The van der Waals surface area contributed by atoms with Gasteiger partial charge in [-0.3, -0.25) is 0 Å². The predicted molar refractivity (Wildman–Crippen MR) is 88.3 cm³/mol. The van der Waals surface area contributed by atoms with E-state index in [9.17, 15) is 9.90 Å². The summed E-state index contributed by atoms with van der Waals surface area (Å²) in [5.74, 6) is -0.922. The molecule has 0 unspecified atom stereocenters. The number of aromatic carboxylic acids is 1. The third-order valence-corrected chi connectivity index (χ3v) is 3.95. The van der Waals surface area contributed by atoms with E-state index < -0.39 is 5.97 Å². The van der Waals surface area contributed by atoms with Crippen LogP contribution in [0, 0.1) is 20.8 Å². The maximum atomic E-state index is 11.7. The maximum absolute atomic E-state index is 11.7. The van der Waals surface area contributed by atoms with Crippen molar-refractivity contribution in [1.29, 1.82) is 0 Å². The molecule has 22 heavy (non-hydrogen) atoms. The lowest BCUT2D eigenvalue weighted by Crippen LogP contribution is -2.02. The molecule has 3 heteroatoms. The smallest absolute Gasteiger partial charge is 0.336 e. The molecule has 3 nitrogen and oxygen atoms in total. The first-order chi connectivity index (χ1) is 10.5. The predicted octanol–water partition coefficient (Wildman–Crippen LogP) is 4.53. The molecule has 0 radical (unpaired) electrons. The summed E-state index contributed by atoms with van der Waals surface area (Å²) in [6.07, 6.45) is 0. The number of carbonyl (C=O) groups is 1. The minimum absolute atomic E-state index is 0.307. The molecule has 1 heterocycles. The van der Waals surface area contributed by atoms with Gasteiger partial charge in [-0.25, -0.2) is 9.78 Å². The van der Waals surface area contributed by atoms with E-state index >= 15 is 0 Å². The molecule has 0 saturated carbocycles. The number of carboxylic acid groups (broad SMARTS) is 1. The summed E-state index contributed by atoms with van der Waals surface area (Å²) in [5.41, 5.74) is 5.76. The van der Waals surface area contributed by atoms with Crippen molar-refractivity contribution in [2.75, 3.05) is 0 Å². The molecule has 0 bridgehead atoms. The number of aromatic nitrogens is 1. The second-order valence-electron chi connectivity index (χ2n) is 5.65. The van der Waals surface area contributed by atoms with Gasteiger partial charge in [-0.15, -0.1) is 0 Å². The van der Waals surface area contributed by atoms with E-state index in [-0.39, 0.29) is 0 Å². The highest BCUT2D eigenvalue weighted by Gasteiger charge is 2.15. The van der Waals surface area contributed by atoms with Crippen molar-refractivity contribution in [2.24, 2.45) is 0 Å². The molecule has 0 aliphatic heterocycles. The van der Waals surface area contributed by atoms with Crippen LogP contribution in [0.5, 0.6) is 0 Å². The largest absolute Gasteiger partial charge is 0.478 e. The molecule has 0 saturated heterocycles. The van der Waals surface area contributed by atoms with Crippen LogP contribution < -0.4 is 0 Å². The third-order valence-electron chi connectivity index (χ3n) is 3.95. The first-order valence-electron chi connectivity index (χ1n) is 7.18. The third kappa shape index (κ3) is 2.35. The van der Waals surface area contributed by atoms with Crippen LogP contribution in [0.15, 0.2) is 42.5 Å². The number of benzene rings is 2. The van der Waals surface area contributed by atoms with Gasteiger partial charge in [-0.1, -0.05) is 42.0 Å². The van der Waals surface area contributed by atoms with Crippen LogP contribution in [-0.4, -0.2) is 16.1 Å². The fourth-order valence-electron chi connectivity index (χ4n) is 2.68. The Hall–Kier alpha value is -2.68. The molecule has 3 aromatic rings. The Labute approximate surface area is 129 Å². The quantitative estimate of drug-likeness (QED) is 0.755. The van der Waals surface area contributed by atoms with Gasteiger partial charge in [-0.05, 0) is 38.0 Å². The number of fused-ring (bicyclic) bond motifs is 1. The van der Waals surface area contributed by atoms with Gasteiger partial charge < -0.3 is 5.11 Å². The van der Waals surface area contributed by atoms with Crippen LogP contribution in [-0.2, 0) is 0 Å². The second kappa shape index (κ2) is 5.26. The number of carboxylic acids is 1. The molecule has 0 spiro atoms. The van der Waals surface area contributed by atoms with E-state index in [1.807, 2.05) is 57.2 Å². The summed E-state index contributed by atoms with van der Waals surface area (Å²) in [5, 5.41) is 10.3. The highest BCUT2D eigenvalue weighted by Crippen LogP contribution is 2.29. The molecule has 0 aliphatic carbocycles. The maximum Gasteiger partial charge on any atom is 0.336 e. The molecule has 0 atom stereocenters. The van der Waals surface area contributed by atoms with Gasteiger partial charge in [0.05, 0.1) is 16.8 Å². The van der Waals surface area contributed by atoms with Crippen LogP contribution in [0.2, 0.25) is 0 Å². The molecular formula is C19H17NO2. The Morgan fingerprint density at radius 2 is 1.59 bits per heavy atom. The van der Waals surface area contributed by atoms with Crippen molar-refractivity contribution in [3.8, 4) is 11.3 Å². The van der Waals surface area contributed by atoms with Crippen LogP contribution in [0.3, 0.4) is 0 Å². The first-order valence-corrected chi connectivity index (χ1v) is 7.18. The lowest BCUT2D eigenvalue weighted by Gasteiger charge is -2.11. The normalized spacial score (nSPS) is 10.9. The van der Waals surface area contributed by atoms with Gasteiger partial charge in [0, 0.05) is 10.9 Å². The lowest BCUT2D eigenvalue weighted by atomic mass is 9.98. The average Bonchev–Trinajstić information content (AvgIpc) is 2.50. The number of pyridine rings is 1. The zero-order valence-corrected chi connectivity index (χ0v) is 12.8. The molecule has 110 valence electrons. The van der Waals surface area contributed by atoms with Crippen LogP contribution in [0.4, 0.5) is 0 Å². The van der Waals surface area contributed by atoms with E-state index in [4.69, 9.17) is 4.98 Å². The van der Waals surface area contributed by atoms with Crippen molar-refractivity contribution in [2.45, 2.75) is 20.8 Å². The molecular weight excluding hydrogens is 274 g/mol. The Bertz CT molecular complexity index is 880. The van der Waals surface area contributed by atoms with E-state index in [1.54, 1.807) is 6.07 Å². The van der Waals surface area contributed by atoms with E-state index in [1.165, 1.54) is 0 Å². The van der Waals surface area contributed by atoms with Gasteiger partial charge >= 0.3 is 5.97 Å². The van der Waals surface area contributed by atoms with Crippen molar-refractivity contribution < 1.29 is 9.90 Å². The number of hydrogen-bond acceptors (Lipinski definition) is 2. The number of aryl methyl sites for hydroxylation is 3. The van der Waals surface area contributed by atoms with Gasteiger partial charge in [0.15, 0.2) is 0 Å². The Balaban J connectivity index is 2.36. The summed E-state index contributed by atoms with van der Waals surface area (Å²) in [6.45, 7) is 5.90. The second-order valence-corrected chi connectivity index (χ2v) is 5.65. The molecule has 0 fully saturated rings. The summed E-state index contributed by atoms with van der Waals surface area (Å²) in [4.78, 5) is 16.4. The van der Waals surface area contributed by atoms with Gasteiger partial charge in [0.1, 0.15) is 0 Å². The minimum Gasteiger partial charge on any atom is -0.478 e. The Morgan fingerprint density at radius 3 is 2.23 bits per heavy atom. The van der Waals surface area contributed by atoms with Gasteiger partial charge in [-0.2, -0.15) is 0 Å². The summed E-state index contributed by atoms with van der Waals surface area (Å²) < 4.78 is 0. The molecule has 0 aliphatic rings. The molecule has 2 aromatic carbocycles. The number of nitrogens with zero attached hydrogens (tertiary/aromatic N) is 1. The molecule has 1 N–H and O–H groups in total. The van der Waals surface area contributed by atoms with Gasteiger partial charge in [0.25, 0.3) is 0 Å². The molecule has 1 aromatic heterocycles. The van der Waals surface area contributed by atoms with Crippen molar-refractivity contribution in [1.82, 2.24) is 4.98 Å². The van der Waals surface area contributed by atoms with Crippen molar-refractivity contribution in [3.05, 3.63) is 64.7 Å². The SMILES string of the molecule is Cc1ccc(-c2cc(C(=O)O)c3c(C)ccc(C)c3n2)cc1. The zero-order chi connectivity index (χ0) is 15.9. The topological polar surface area (TPSA) is 50.2 Å². The van der Waals surface area contributed by atoms with Gasteiger partial charge in [0.2, 0.25) is 0 Å². The standard InChI is InChI=1S/C19H17NO2/c1-11-4-8-14(9-5-11)16-10-15(19(21)22)17-12(2)6-7-13(3)18(17)20-16/h4-10H,1-3H3,(H,21,22). The summed E-state index contributed by atoms with van der Waals surface area (Å²) >= 11 is 0. The average molecular weight is 291 g/mol. The fraction of sp³-hybridized carbons (Fsp3) is 0.158. The molecule has 0 amide bonds. The fourth-order valence-corrected chi connectivity index (χ4v) is 2.68. The van der Waals surface area contributed by atoms with Crippen molar-refractivity contribution >= 4 is 16.9 Å². The lowest BCUT2D eigenvalue weighted by molar-refractivity contribution is 0.0699. The van der Waals surface area contributed by atoms with Crippen LogP contribution >= 0.6 is 0 Å². The van der Waals surface area contributed by atoms with E-state index in [0.29, 0.717) is 11.3 Å². The minimum atomic E-state index is -0.922. The van der Waals surface area contributed by atoms with E-state index in [2.05, 4.69) is 0 Å². The highest BCUT2D eigenvalue weighted by atomic mass is 16.4. The molecule has 3 rings (SSSR count). The summed E-state index contributed by atoms with van der Waals surface area (Å²) in [7, 11) is 0. The zero-order valence-electron chi connectivity index (χ0n) is 12.8. The van der Waals surface area contributed by atoms with E-state index in [0.717, 1.165) is 33.2 Å². The first kappa shape index (κ1) is 14.3. The van der Waals surface area contributed by atoms with Crippen LogP contribution in [0.1, 0.15) is 27.0 Å². The monoisotopic (exact) mass is 291 g/mol. The summed E-state index contributed by atoms with van der Waals surface area (Å²) in [6, 6.07) is 13.5. The number of hydrogen-bond donors (Lipinski definition) is 1. The Morgan fingerprint density at radius 1 is 0.955 bits per heavy atom. The van der Waals surface area contributed by atoms with Crippen LogP contribution in [0.25, 0.3) is 22.2 Å². The Kier molecular flexibility index (Phi) is 3.41. The number of rotatable bonds is 2. The highest BCUT2D eigenvalue weighted by molar-refractivity contribution is 6.05.